The molecule has 0 atom stereocenters. The fourth-order valence-electron chi connectivity index (χ4n) is 1.97. The van der Waals surface area contributed by atoms with E-state index < -0.39 is 5.97 Å². The molecule has 1 aliphatic rings. The van der Waals surface area contributed by atoms with Gasteiger partial charge in [0.05, 0.1) is 11.6 Å². The topological polar surface area (TPSA) is 75.1 Å². The van der Waals surface area contributed by atoms with Crippen LogP contribution in [0, 0.1) is 5.92 Å². The summed E-state index contributed by atoms with van der Waals surface area (Å²) in [6.45, 7) is 2.11. The van der Waals surface area contributed by atoms with E-state index in [2.05, 4.69) is 22.4 Å². The summed E-state index contributed by atoms with van der Waals surface area (Å²) in [5.41, 5.74) is 0.995. The van der Waals surface area contributed by atoms with Crippen LogP contribution in [0.5, 0.6) is 0 Å². The lowest BCUT2D eigenvalue weighted by Gasteiger charge is -2.33. The molecule has 0 aliphatic heterocycles. The van der Waals surface area contributed by atoms with Crippen molar-refractivity contribution in [3.8, 4) is 0 Å². The van der Waals surface area contributed by atoms with E-state index in [4.69, 9.17) is 5.11 Å². The van der Waals surface area contributed by atoms with Crippen LogP contribution >= 0.6 is 0 Å². The number of aliphatic carboxylic acids is 1. The van der Waals surface area contributed by atoms with Gasteiger partial charge in [-0.15, -0.1) is 5.10 Å². The van der Waals surface area contributed by atoms with Gasteiger partial charge >= 0.3 is 5.97 Å². The molecule has 92 valence electrons. The van der Waals surface area contributed by atoms with Gasteiger partial charge in [0.15, 0.2) is 0 Å². The van der Waals surface area contributed by atoms with Gasteiger partial charge in [0.25, 0.3) is 0 Å². The lowest BCUT2D eigenvalue weighted by atomic mass is 9.80. The van der Waals surface area contributed by atoms with E-state index in [9.17, 15) is 4.79 Å². The number of carboxylic acids is 1. The summed E-state index contributed by atoms with van der Waals surface area (Å²) in [6.07, 6.45) is 3.35. The first-order chi connectivity index (χ1) is 8.19. The molecule has 17 heavy (non-hydrogen) atoms. The van der Waals surface area contributed by atoms with E-state index in [1.54, 1.807) is 0 Å². The second-order valence-corrected chi connectivity index (χ2v) is 4.51. The molecule has 0 aromatic carbocycles. The molecule has 5 nitrogen and oxygen atoms in total. The van der Waals surface area contributed by atoms with Crippen molar-refractivity contribution >= 4 is 11.8 Å². The van der Waals surface area contributed by atoms with E-state index >= 15 is 0 Å². The van der Waals surface area contributed by atoms with Gasteiger partial charge in [0.2, 0.25) is 0 Å². The van der Waals surface area contributed by atoms with Crippen LogP contribution in [0.1, 0.15) is 31.9 Å². The van der Waals surface area contributed by atoms with Gasteiger partial charge in [-0.3, -0.25) is 4.79 Å². The highest BCUT2D eigenvalue weighted by molar-refractivity contribution is 5.71. The fourth-order valence-corrected chi connectivity index (χ4v) is 1.97. The maximum absolute atomic E-state index is 10.6. The Balaban J connectivity index is 1.82. The summed E-state index contributed by atoms with van der Waals surface area (Å²) < 4.78 is 0. The Morgan fingerprint density at radius 3 is 2.76 bits per heavy atom. The van der Waals surface area contributed by atoms with Crippen molar-refractivity contribution in [2.45, 2.75) is 38.6 Å². The number of carboxylic acid groups (broad SMARTS) is 1. The normalized spacial score (nSPS) is 22.9. The first kappa shape index (κ1) is 11.8. The van der Waals surface area contributed by atoms with Gasteiger partial charge in [-0.2, -0.15) is 5.10 Å². The molecule has 1 heterocycles. The van der Waals surface area contributed by atoms with Crippen molar-refractivity contribution in [1.29, 1.82) is 0 Å². The SMILES string of the molecule is CCCc1ccc(NC2CC(C(=O)O)C2)nn1. The molecule has 0 bridgehead atoms. The zero-order valence-electron chi connectivity index (χ0n) is 9.89. The predicted octanol–water partition coefficient (Wildman–Crippen LogP) is 1.70. The monoisotopic (exact) mass is 235 g/mol. The Morgan fingerprint density at radius 1 is 1.47 bits per heavy atom. The first-order valence-corrected chi connectivity index (χ1v) is 6.01. The second kappa shape index (κ2) is 5.12. The molecule has 0 spiro atoms. The second-order valence-electron chi connectivity index (χ2n) is 4.51. The highest BCUT2D eigenvalue weighted by Crippen LogP contribution is 2.29. The van der Waals surface area contributed by atoms with Crippen molar-refractivity contribution in [2.75, 3.05) is 5.32 Å². The summed E-state index contributed by atoms with van der Waals surface area (Å²) in [6, 6.07) is 4.10. The minimum atomic E-state index is -0.701. The number of rotatable bonds is 5. The third-order valence-electron chi connectivity index (χ3n) is 3.07. The Bertz CT molecular complexity index is 385. The average molecular weight is 235 g/mol. The molecule has 0 amide bonds. The van der Waals surface area contributed by atoms with Crippen LogP contribution in [-0.4, -0.2) is 27.3 Å². The van der Waals surface area contributed by atoms with Crippen LogP contribution in [-0.2, 0) is 11.2 Å². The molecule has 1 aliphatic carbocycles. The number of hydrogen-bond acceptors (Lipinski definition) is 4. The average Bonchev–Trinajstić information content (AvgIpc) is 2.25. The van der Waals surface area contributed by atoms with Gasteiger partial charge < -0.3 is 10.4 Å². The Hall–Kier alpha value is -1.65. The van der Waals surface area contributed by atoms with E-state index in [0.29, 0.717) is 12.8 Å². The van der Waals surface area contributed by atoms with E-state index in [-0.39, 0.29) is 12.0 Å². The third kappa shape index (κ3) is 2.93. The predicted molar refractivity (Wildman–Crippen MR) is 63.8 cm³/mol. The molecule has 0 saturated heterocycles. The lowest BCUT2D eigenvalue weighted by Crippen LogP contribution is -2.39. The molecule has 0 unspecified atom stereocenters. The van der Waals surface area contributed by atoms with Crippen LogP contribution in [0.2, 0.25) is 0 Å². The third-order valence-corrected chi connectivity index (χ3v) is 3.07. The van der Waals surface area contributed by atoms with Crippen LogP contribution < -0.4 is 5.32 Å². The molecule has 1 aromatic rings. The fraction of sp³-hybridized carbons (Fsp3) is 0.583. The van der Waals surface area contributed by atoms with Gasteiger partial charge in [0, 0.05) is 6.04 Å². The molecule has 1 aromatic heterocycles. The van der Waals surface area contributed by atoms with Crippen LogP contribution in [0.15, 0.2) is 12.1 Å². The molecular formula is C12H17N3O2. The number of anilines is 1. The number of carbonyl (C=O) groups is 1. The quantitative estimate of drug-likeness (QED) is 0.812. The highest BCUT2D eigenvalue weighted by atomic mass is 16.4. The molecule has 2 rings (SSSR count). The van der Waals surface area contributed by atoms with Crippen molar-refractivity contribution in [3.05, 3.63) is 17.8 Å². The van der Waals surface area contributed by atoms with E-state index in [1.807, 2.05) is 12.1 Å². The standard InChI is InChI=1S/C12H17N3O2/c1-2-3-9-4-5-11(15-14-9)13-10-6-8(7-10)12(16)17/h4-5,8,10H,2-3,6-7H2,1H3,(H,13,15)(H,16,17). The van der Waals surface area contributed by atoms with Crippen molar-refractivity contribution in [1.82, 2.24) is 10.2 Å². The molecular weight excluding hydrogens is 218 g/mol. The van der Waals surface area contributed by atoms with Gasteiger partial charge in [0.1, 0.15) is 5.82 Å². The smallest absolute Gasteiger partial charge is 0.306 e. The first-order valence-electron chi connectivity index (χ1n) is 6.01. The molecule has 0 radical (unpaired) electrons. The Labute approximate surface area is 100 Å². The summed E-state index contributed by atoms with van der Waals surface area (Å²) in [5.74, 6) is -0.161. The zero-order valence-corrected chi connectivity index (χ0v) is 9.89. The number of aromatic nitrogens is 2. The van der Waals surface area contributed by atoms with Crippen LogP contribution in [0.25, 0.3) is 0 Å². The number of nitrogens with zero attached hydrogens (tertiary/aromatic N) is 2. The maximum Gasteiger partial charge on any atom is 0.306 e. The summed E-state index contributed by atoms with van der Waals surface area (Å²) in [5, 5.41) is 20.1. The van der Waals surface area contributed by atoms with Gasteiger partial charge in [-0.05, 0) is 31.4 Å². The summed E-state index contributed by atoms with van der Waals surface area (Å²) >= 11 is 0. The van der Waals surface area contributed by atoms with Crippen LogP contribution in [0.4, 0.5) is 5.82 Å². The number of nitrogens with one attached hydrogen (secondary N) is 1. The molecule has 5 heteroatoms. The number of hydrogen-bond donors (Lipinski definition) is 2. The maximum atomic E-state index is 10.6. The van der Waals surface area contributed by atoms with E-state index in [0.717, 1.165) is 24.4 Å². The highest BCUT2D eigenvalue weighted by Gasteiger charge is 2.34. The van der Waals surface area contributed by atoms with Crippen molar-refractivity contribution in [3.63, 3.8) is 0 Å². The number of aryl methyl sites for hydroxylation is 1. The minimum absolute atomic E-state index is 0.195. The Morgan fingerprint density at radius 2 is 2.24 bits per heavy atom. The Kier molecular flexibility index (Phi) is 3.56. The lowest BCUT2D eigenvalue weighted by molar-refractivity contribution is -0.144. The molecule has 1 fully saturated rings. The van der Waals surface area contributed by atoms with Crippen molar-refractivity contribution in [2.24, 2.45) is 5.92 Å². The van der Waals surface area contributed by atoms with Crippen LogP contribution in [0.3, 0.4) is 0 Å². The van der Waals surface area contributed by atoms with Crippen molar-refractivity contribution < 1.29 is 9.90 Å². The molecule has 2 N–H and O–H groups in total. The van der Waals surface area contributed by atoms with Gasteiger partial charge in [-0.25, -0.2) is 0 Å². The minimum Gasteiger partial charge on any atom is -0.481 e. The largest absolute Gasteiger partial charge is 0.481 e. The van der Waals surface area contributed by atoms with E-state index in [1.165, 1.54) is 0 Å². The summed E-state index contributed by atoms with van der Waals surface area (Å²) in [7, 11) is 0. The zero-order chi connectivity index (χ0) is 12.3. The summed E-state index contributed by atoms with van der Waals surface area (Å²) in [4.78, 5) is 10.6. The van der Waals surface area contributed by atoms with Gasteiger partial charge in [-0.1, -0.05) is 13.3 Å². The molecule has 1 saturated carbocycles.